The number of esters is 1. The minimum absolute atomic E-state index is 0.104. The highest BCUT2D eigenvalue weighted by molar-refractivity contribution is 6.30. The molecule has 3 rings (SSSR count). The molecule has 0 aliphatic heterocycles. The number of amides is 1. The van der Waals surface area contributed by atoms with Crippen molar-refractivity contribution in [3.8, 4) is 11.6 Å². The van der Waals surface area contributed by atoms with Crippen LogP contribution in [0.15, 0.2) is 54.7 Å². The molecule has 1 aromatic heterocycles. The van der Waals surface area contributed by atoms with Crippen molar-refractivity contribution in [3.63, 3.8) is 0 Å². The fourth-order valence-corrected chi connectivity index (χ4v) is 2.89. The lowest BCUT2D eigenvalue weighted by Crippen LogP contribution is -2.27. The van der Waals surface area contributed by atoms with Gasteiger partial charge in [0, 0.05) is 6.20 Å². The van der Waals surface area contributed by atoms with Crippen LogP contribution in [0.4, 0.5) is 8.78 Å². The lowest BCUT2D eigenvalue weighted by molar-refractivity contribution is 0.0600. The summed E-state index contributed by atoms with van der Waals surface area (Å²) >= 11 is 5.95. The summed E-state index contributed by atoms with van der Waals surface area (Å²) in [6, 6.07) is 10.5. The molecule has 0 fully saturated rings. The first-order chi connectivity index (χ1) is 14.8. The molecular formula is C22H17ClF2N2O4. The second-order valence-electron chi connectivity index (χ2n) is 6.47. The number of hydrogen-bond donors (Lipinski definition) is 1. The second kappa shape index (κ2) is 9.53. The van der Waals surface area contributed by atoms with E-state index in [9.17, 15) is 18.4 Å². The van der Waals surface area contributed by atoms with Crippen molar-refractivity contribution in [1.82, 2.24) is 10.3 Å². The van der Waals surface area contributed by atoms with E-state index in [4.69, 9.17) is 16.3 Å². The Bertz CT molecular complexity index is 1100. The minimum atomic E-state index is -0.942. The third-order valence-corrected chi connectivity index (χ3v) is 4.57. The Balaban J connectivity index is 1.83. The van der Waals surface area contributed by atoms with Crippen molar-refractivity contribution in [2.24, 2.45) is 0 Å². The van der Waals surface area contributed by atoms with Crippen LogP contribution in [-0.4, -0.2) is 24.0 Å². The Labute approximate surface area is 181 Å². The van der Waals surface area contributed by atoms with Gasteiger partial charge in [0.25, 0.3) is 5.91 Å². The third kappa shape index (κ3) is 5.16. The van der Waals surface area contributed by atoms with Crippen LogP contribution in [0.25, 0.3) is 0 Å². The summed E-state index contributed by atoms with van der Waals surface area (Å²) in [6.45, 7) is 1.72. The number of pyridine rings is 1. The number of methoxy groups -OCH3 is 1. The Morgan fingerprint density at radius 3 is 2.35 bits per heavy atom. The smallest absolute Gasteiger partial charge is 0.337 e. The number of nitrogens with one attached hydrogen (secondary N) is 1. The number of halogens is 3. The van der Waals surface area contributed by atoms with Crippen LogP contribution in [0.5, 0.6) is 11.6 Å². The van der Waals surface area contributed by atoms with E-state index in [-0.39, 0.29) is 16.5 Å². The number of ether oxygens (including phenoxy) is 2. The van der Waals surface area contributed by atoms with E-state index >= 15 is 0 Å². The molecule has 31 heavy (non-hydrogen) atoms. The predicted octanol–water partition coefficient (Wildman–Crippen LogP) is 5.08. The number of aromatic nitrogens is 1. The van der Waals surface area contributed by atoms with Gasteiger partial charge in [-0.15, -0.1) is 0 Å². The molecular weight excluding hydrogens is 430 g/mol. The zero-order valence-electron chi connectivity index (χ0n) is 16.5. The maximum atomic E-state index is 13.9. The van der Waals surface area contributed by atoms with Crippen LogP contribution in [0.2, 0.25) is 5.02 Å². The summed E-state index contributed by atoms with van der Waals surface area (Å²) in [7, 11) is 1.28. The van der Waals surface area contributed by atoms with Crippen LogP contribution in [0, 0.1) is 11.6 Å². The van der Waals surface area contributed by atoms with E-state index in [2.05, 4.69) is 15.0 Å². The first-order valence-corrected chi connectivity index (χ1v) is 9.44. The van der Waals surface area contributed by atoms with E-state index in [0.29, 0.717) is 11.1 Å². The van der Waals surface area contributed by atoms with E-state index < -0.39 is 35.3 Å². The van der Waals surface area contributed by atoms with Gasteiger partial charge < -0.3 is 14.8 Å². The Hall–Kier alpha value is -3.52. The fraction of sp³-hybridized carbons (Fsp3) is 0.136. The lowest BCUT2D eigenvalue weighted by Gasteiger charge is -2.16. The van der Waals surface area contributed by atoms with Gasteiger partial charge in [-0.3, -0.25) is 4.79 Å². The minimum Gasteiger partial charge on any atom is -0.465 e. The number of hydrogen-bond acceptors (Lipinski definition) is 5. The Kier molecular flexibility index (Phi) is 6.81. The molecule has 0 saturated carbocycles. The molecule has 1 N–H and O–H groups in total. The molecule has 1 atom stereocenters. The van der Waals surface area contributed by atoms with E-state index in [0.717, 1.165) is 12.1 Å². The van der Waals surface area contributed by atoms with Gasteiger partial charge in [-0.05, 0) is 42.8 Å². The molecule has 1 amide bonds. The Morgan fingerprint density at radius 2 is 1.74 bits per heavy atom. The first kappa shape index (κ1) is 22.2. The summed E-state index contributed by atoms with van der Waals surface area (Å²) in [5, 5.41) is 2.88. The number of rotatable bonds is 6. The summed E-state index contributed by atoms with van der Waals surface area (Å²) < 4.78 is 37.8. The quantitative estimate of drug-likeness (QED) is 0.534. The summed E-state index contributed by atoms with van der Waals surface area (Å²) in [5.41, 5.74) is 0.971. The lowest BCUT2D eigenvalue weighted by atomic mass is 10.1. The van der Waals surface area contributed by atoms with Crippen molar-refractivity contribution in [2.75, 3.05) is 7.11 Å². The molecule has 1 heterocycles. The van der Waals surface area contributed by atoms with Gasteiger partial charge in [0.2, 0.25) is 11.6 Å². The zero-order valence-corrected chi connectivity index (χ0v) is 17.2. The van der Waals surface area contributed by atoms with Crippen molar-refractivity contribution in [3.05, 3.63) is 88.1 Å². The normalized spacial score (nSPS) is 11.5. The van der Waals surface area contributed by atoms with Gasteiger partial charge in [-0.1, -0.05) is 29.8 Å². The van der Waals surface area contributed by atoms with Crippen molar-refractivity contribution in [2.45, 2.75) is 13.0 Å². The highest BCUT2D eigenvalue weighted by atomic mass is 35.5. The molecule has 0 aliphatic carbocycles. The summed E-state index contributed by atoms with van der Waals surface area (Å²) in [4.78, 5) is 28.3. The summed E-state index contributed by atoms with van der Waals surface area (Å²) in [6.07, 6.45) is 1.20. The molecule has 0 spiro atoms. The predicted molar refractivity (Wildman–Crippen MR) is 109 cm³/mol. The maximum Gasteiger partial charge on any atom is 0.337 e. The fourth-order valence-electron chi connectivity index (χ4n) is 2.73. The molecule has 0 radical (unpaired) electrons. The standard InChI is InChI=1S/C22H17ClF2N2O4/c1-12(13-6-8-14(9-7-13)22(29)30-2)27-20(28)16-10-15(23)11-26-21(16)31-19-17(24)4-3-5-18(19)25/h3-12H,1-2H3,(H,27,28)/t12-/m0/s1. The average molecular weight is 447 g/mol. The van der Waals surface area contributed by atoms with Crippen LogP contribution >= 0.6 is 11.6 Å². The molecule has 160 valence electrons. The molecule has 0 bridgehead atoms. The summed E-state index contributed by atoms with van der Waals surface area (Å²) in [5.74, 6) is -3.97. The number of carbonyl (C=O) groups excluding carboxylic acids is 2. The van der Waals surface area contributed by atoms with Gasteiger partial charge >= 0.3 is 5.97 Å². The van der Waals surface area contributed by atoms with Crippen LogP contribution in [0.1, 0.15) is 39.2 Å². The van der Waals surface area contributed by atoms with Crippen LogP contribution in [0.3, 0.4) is 0 Å². The highest BCUT2D eigenvalue weighted by Gasteiger charge is 2.21. The van der Waals surface area contributed by atoms with Crippen molar-refractivity contribution in [1.29, 1.82) is 0 Å². The van der Waals surface area contributed by atoms with Gasteiger partial charge in [0.15, 0.2) is 11.6 Å². The molecule has 6 nitrogen and oxygen atoms in total. The number of carbonyl (C=O) groups is 2. The molecule has 3 aromatic rings. The molecule has 9 heteroatoms. The average Bonchev–Trinajstić information content (AvgIpc) is 2.76. The molecule has 0 aliphatic rings. The van der Waals surface area contributed by atoms with E-state index in [1.54, 1.807) is 31.2 Å². The second-order valence-corrected chi connectivity index (χ2v) is 6.90. The van der Waals surface area contributed by atoms with Gasteiger partial charge in [0.1, 0.15) is 5.56 Å². The monoisotopic (exact) mass is 446 g/mol. The molecule has 0 unspecified atom stereocenters. The van der Waals surface area contributed by atoms with Crippen LogP contribution in [-0.2, 0) is 4.74 Å². The zero-order chi connectivity index (χ0) is 22.5. The van der Waals surface area contributed by atoms with Gasteiger partial charge in [0.05, 0.1) is 23.7 Å². The largest absolute Gasteiger partial charge is 0.465 e. The molecule has 2 aromatic carbocycles. The SMILES string of the molecule is COC(=O)c1ccc([C@H](C)NC(=O)c2cc(Cl)cnc2Oc2c(F)cccc2F)cc1. The van der Waals surface area contributed by atoms with Gasteiger partial charge in [-0.2, -0.15) is 0 Å². The first-order valence-electron chi connectivity index (χ1n) is 9.06. The van der Waals surface area contributed by atoms with Crippen LogP contribution < -0.4 is 10.1 Å². The molecule has 0 saturated heterocycles. The van der Waals surface area contributed by atoms with Crippen molar-refractivity contribution >= 4 is 23.5 Å². The number of benzene rings is 2. The van der Waals surface area contributed by atoms with E-state index in [1.807, 2.05) is 0 Å². The highest BCUT2D eigenvalue weighted by Crippen LogP contribution is 2.30. The van der Waals surface area contributed by atoms with Crippen molar-refractivity contribution < 1.29 is 27.8 Å². The number of nitrogens with zero attached hydrogens (tertiary/aromatic N) is 1. The third-order valence-electron chi connectivity index (χ3n) is 4.36. The number of para-hydroxylation sites is 1. The van der Waals surface area contributed by atoms with Gasteiger partial charge in [-0.25, -0.2) is 18.6 Å². The van der Waals surface area contributed by atoms with E-state index in [1.165, 1.54) is 25.4 Å². The topological polar surface area (TPSA) is 77.5 Å². The Morgan fingerprint density at radius 1 is 1.10 bits per heavy atom. The maximum absolute atomic E-state index is 13.9.